The molecule has 0 bridgehead atoms. The van der Waals surface area contributed by atoms with E-state index in [2.05, 4.69) is 18.1 Å². The number of nitriles is 1. The zero-order valence-corrected chi connectivity index (χ0v) is 16.7. The Balaban J connectivity index is 1.98. The number of rotatable bonds is 5. The van der Waals surface area contributed by atoms with Crippen LogP contribution in [0.4, 0.5) is 5.69 Å². The zero-order valence-electron chi connectivity index (χ0n) is 16.7. The van der Waals surface area contributed by atoms with E-state index < -0.39 is 5.91 Å². The van der Waals surface area contributed by atoms with Crippen molar-refractivity contribution in [3.05, 3.63) is 53.1 Å². The van der Waals surface area contributed by atoms with E-state index in [1.807, 2.05) is 32.0 Å². The lowest BCUT2D eigenvalue weighted by molar-refractivity contribution is 0.0996. The van der Waals surface area contributed by atoms with Gasteiger partial charge in [-0.1, -0.05) is 12.1 Å². The number of ether oxygens (including phenoxy) is 2. The van der Waals surface area contributed by atoms with Crippen LogP contribution in [-0.4, -0.2) is 37.6 Å². The van der Waals surface area contributed by atoms with Gasteiger partial charge in [0.2, 0.25) is 0 Å². The fraction of sp³-hybridized carbons (Fsp3) is 0.364. The predicted octanol–water partition coefficient (Wildman–Crippen LogP) is 3.60. The first-order valence-electron chi connectivity index (χ1n) is 9.32. The van der Waals surface area contributed by atoms with Gasteiger partial charge < -0.3 is 14.4 Å². The summed E-state index contributed by atoms with van der Waals surface area (Å²) in [4.78, 5) is 16.6. The Morgan fingerprint density at radius 2 is 2.07 bits per heavy atom. The molecule has 0 N–H and O–H groups in total. The van der Waals surface area contributed by atoms with E-state index >= 15 is 0 Å². The maximum absolute atomic E-state index is 13.2. The molecule has 0 fully saturated rings. The molecule has 0 unspecified atom stereocenters. The Morgan fingerprint density at radius 1 is 1.29 bits per heavy atom. The van der Waals surface area contributed by atoms with Crippen molar-refractivity contribution in [2.75, 3.05) is 25.6 Å². The molecule has 1 heterocycles. The van der Waals surface area contributed by atoms with Crippen molar-refractivity contribution in [1.29, 1.82) is 5.26 Å². The lowest BCUT2D eigenvalue weighted by Gasteiger charge is -2.28. The van der Waals surface area contributed by atoms with Gasteiger partial charge in [0.15, 0.2) is 6.19 Å². The number of amides is 1. The van der Waals surface area contributed by atoms with Gasteiger partial charge in [-0.3, -0.25) is 4.79 Å². The smallest absolute Gasteiger partial charge is 0.275 e. The number of anilines is 1. The maximum atomic E-state index is 13.2. The van der Waals surface area contributed by atoms with Crippen molar-refractivity contribution >= 4 is 11.6 Å². The van der Waals surface area contributed by atoms with Gasteiger partial charge in [-0.25, -0.2) is 4.90 Å². The van der Waals surface area contributed by atoms with Crippen LogP contribution in [0.3, 0.4) is 0 Å². The van der Waals surface area contributed by atoms with Gasteiger partial charge in [-0.05, 0) is 56.6 Å². The minimum atomic E-state index is -0.414. The van der Waals surface area contributed by atoms with Crippen molar-refractivity contribution < 1.29 is 14.3 Å². The van der Waals surface area contributed by atoms with Crippen LogP contribution in [-0.2, 0) is 13.0 Å². The number of nitrogens with zero attached hydrogens (tertiary/aromatic N) is 3. The number of carbonyl (C=O) groups excluding carboxylic acids is 1. The topological polar surface area (TPSA) is 65.8 Å². The molecule has 1 amide bonds. The summed E-state index contributed by atoms with van der Waals surface area (Å²) in [5.41, 5.74) is 3.16. The van der Waals surface area contributed by atoms with E-state index in [9.17, 15) is 10.1 Å². The van der Waals surface area contributed by atoms with Crippen LogP contribution in [0.25, 0.3) is 0 Å². The molecular weight excluding hydrogens is 354 g/mol. The Hall–Kier alpha value is -3.04. The third-order valence-corrected chi connectivity index (χ3v) is 4.75. The van der Waals surface area contributed by atoms with E-state index in [1.54, 1.807) is 18.2 Å². The van der Waals surface area contributed by atoms with Gasteiger partial charge in [0.05, 0.1) is 24.5 Å². The molecule has 1 aliphatic heterocycles. The molecule has 0 aliphatic carbocycles. The van der Waals surface area contributed by atoms with E-state index in [-0.39, 0.29) is 6.10 Å². The fourth-order valence-electron chi connectivity index (χ4n) is 3.46. The van der Waals surface area contributed by atoms with Crippen LogP contribution < -0.4 is 14.4 Å². The molecule has 0 atom stereocenters. The number of benzene rings is 2. The summed E-state index contributed by atoms with van der Waals surface area (Å²) in [6.45, 7) is 5.56. The summed E-state index contributed by atoms with van der Waals surface area (Å²) in [7, 11) is 3.57. The largest absolute Gasteiger partial charge is 0.496 e. The molecule has 0 spiro atoms. The quantitative estimate of drug-likeness (QED) is 0.587. The normalized spacial score (nSPS) is 13.6. The molecule has 0 radical (unpaired) electrons. The fourth-order valence-corrected chi connectivity index (χ4v) is 3.46. The third kappa shape index (κ3) is 3.95. The number of fused-ring (bicyclic) bond motifs is 1. The minimum absolute atomic E-state index is 0.0100. The summed E-state index contributed by atoms with van der Waals surface area (Å²) in [5.74, 6) is 0.586. The van der Waals surface area contributed by atoms with Crippen LogP contribution >= 0.6 is 0 Å². The molecule has 0 aromatic heterocycles. The highest BCUT2D eigenvalue weighted by Gasteiger charge is 2.26. The van der Waals surface area contributed by atoms with E-state index in [0.717, 1.165) is 35.5 Å². The molecule has 6 nitrogen and oxygen atoms in total. The van der Waals surface area contributed by atoms with Crippen LogP contribution in [0.2, 0.25) is 0 Å². The van der Waals surface area contributed by atoms with Crippen LogP contribution in [0.15, 0.2) is 36.4 Å². The first-order chi connectivity index (χ1) is 13.4. The molecule has 0 saturated heterocycles. The van der Waals surface area contributed by atoms with Gasteiger partial charge >= 0.3 is 0 Å². The van der Waals surface area contributed by atoms with Gasteiger partial charge in [0.1, 0.15) is 11.5 Å². The second-order valence-electron chi connectivity index (χ2n) is 7.17. The average molecular weight is 379 g/mol. The lowest BCUT2D eigenvalue weighted by Crippen LogP contribution is -2.31. The van der Waals surface area contributed by atoms with Gasteiger partial charge in [0.25, 0.3) is 5.91 Å². The highest BCUT2D eigenvalue weighted by atomic mass is 16.5. The second kappa shape index (κ2) is 8.32. The van der Waals surface area contributed by atoms with Gasteiger partial charge in [-0.2, -0.15) is 5.26 Å². The molecular formula is C22H25N3O3. The second-order valence-corrected chi connectivity index (χ2v) is 7.17. The number of hydrogen-bond donors (Lipinski definition) is 0. The van der Waals surface area contributed by atoms with Crippen LogP contribution in [0.1, 0.15) is 35.3 Å². The van der Waals surface area contributed by atoms with Crippen LogP contribution in [0, 0.1) is 11.5 Å². The van der Waals surface area contributed by atoms with Crippen LogP contribution in [0.5, 0.6) is 11.5 Å². The Kier molecular flexibility index (Phi) is 5.86. The monoisotopic (exact) mass is 379 g/mol. The molecule has 28 heavy (non-hydrogen) atoms. The number of carbonyl (C=O) groups is 1. The number of likely N-dealkylation sites (N-methyl/N-ethyl adjacent to an activating group) is 1. The first-order valence-corrected chi connectivity index (χ1v) is 9.32. The summed E-state index contributed by atoms with van der Waals surface area (Å²) < 4.78 is 11.1. The Bertz CT molecular complexity index is 918. The predicted molar refractivity (Wildman–Crippen MR) is 108 cm³/mol. The highest BCUT2D eigenvalue weighted by molar-refractivity contribution is 6.10. The van der Waals surface area contributed by atoms with Gasteiger partial charge in [-0.15, -0.1) is 0 Å². The maximum Gasteiger partial charge on any atom is 0.275 e. The summed E-state index contributed by atoms with van der Waals surface area (Å²) >= 11 is 0. The van der Waals surface area contributed by atoms with Gasteiger partial charge in [0, 0.05) is 19.2 Å². The van der Waals surface area contributed by atoms with E-state index in [0.29, 0.717) is 22.7 Å². The molecule has 2 aromatic rings. The SMILES string of the molecule is COc1cc(OC(C)C)ccc1C(=O)N(C#N)c1cccc2c1CCN(C)C2. The molecule has 2 aromatic carbocycles. The Labute approximate surface area is 165 Å². The van der Waals surface area contributed by atoms with Crippen molar-refractivity contribution in [3.8, 4) is 17.7 Å². The molecule has 0 saturated carbocycles. The molecule has 6 heteroatoms. The van der Waals surface area contributed by atoms with E-state index in [1.165, 1.54) is 7.11 Å². The first kappa shape index (κ1) is 19.7. The third-order valence-electron chi connectivity index (χ3n) is 4.75. The van der Waals surface area contributed by atoms with E-state index in [4.69, 9.17) is 9.47 Å². The van der Waals surface area contributed by atoms with Crippen molar-refractivity contribution in [1.82, 2.24) is 4.90 Å². The lowest BCUT2D eigenvalue weighted by atomic mass is 9.97. The Morgan fingerprint density at radius 3 is 2.75 bits per heavy atom. The number of methoxy groups -OCH3 is 1. The minimum Gasteiger partial charge on any atom is -0.496 e. The average Bonchev–Trinajstić information content (AvgIpc) is 2.67. The zero-order chi connectivity index (χ0) is 20.3. The standard InChI is InChI=1S/C22H25N3O3/c1-15(2)28-17-8-9-19(21(12-17)27-4)22(26)25(14-23)20-7-5-6-16-13-24(3)11-10-18(16)20/h5-9,12,15H,10-11,13H2,1-4H3. The highest BCUT2D eigenvalue weighted by Crippen LogP contribution is 2.32. The van der Waals surface area contributed by atoms with Crippen molar-refractivity contribution in [2.45, 2.75) is 32.9 Å². The summed E-state index contributed by atoms with van der Waals surface area (Å²) in [6.07, 6.45) is 2.87. The number of hydrogen-bond acceptors (Lipinski definition) is 5. The summed E-state index contributed by atoms with van der Waals surface area (Å²) in [6, 6.07) is 10.8. The van der Waals surface area contributed by atoms with Crippen molar-refractivity contribution in [2.24, 2.45) is 0 Å². The molecule has 146 valence electrons. The molecule has 3 rings (SSSR count). The summed E-state index contributed by atoms with van der Waals surface area (Å²) in [5, 5.41) is 9.78. The van der Waals surface area contributed by atoms with Crippen molar-refractivity contribution in [3.63, 3.8) is 0 Å². The molecule has 1 aliphatic rings.